The standard InChI is InChI=1S/C14H18N6O4S/c1-7(2)5-20-9(4-11(22)19-14(20)24)17-12(23)6-25-13-16-8(15)3-10(21)18-13/h3-4,7H,5-6H2,1-2H3,(H,17,23)(H,19,22,24)(H3,15,16,18,21). The summed E-state index contributed by atoms with van der Waals surface area (Å²) in [4.78, 5) is 55.3. The van der Waals surface area contributed by atoms with E-state index in [4.69, 9.17) is 5.73 Å². The van der Waals surface area contributed by atoms with E-state index in [2.05, 4.69) is 20.3 Å². The molecule has 10 nitrogen and oxygen atoms in total. The maximum absolute atomic E-state index is 12.1. The summed E-state index contributed by atoms with van der Waals surface area (Å²) in [6, 6.07) is 2.28. The summed E-state index contributed by atoms with van der Waals surface area (Å²) >= 11 is 0.972. The Hall–Kier alpha value is -2.82. The Kier molecular flexibility index (Phi) is 5.80. The SMILES string of the molecule is CC(C)Cn1c(NC(=O)CSc2nc(N)cc(=O)[nH]2)cc(=O)[nH]c1=O. The maximum Gasteiger partial charge on any atom is 0.329 e. The van der Waals surface area contributed by atoms with Crippen LogP contribution in [0.5, 0.6) is 0 Å². The van der Waals surface area contributed by atoms with Crippen LogP contribution in [0.4, 0.5) is 11.6 Å². The summed E-state index contributed by atoms with van der Waals surface area (Å²) in [5, 5.41) is 2.73. The van der Waals surface area contributed by atoms with E-state index >= 15 is 0 Å². The van der Waals surface area contributed by atoms with Gasteiger partial charge in [-0.2, -0.15) is 0 Å². The van der Waals surface area contributed by atoms with Gasteiger partial charge in [0.05, 0.1) is 5.75 Å². The van der Waals surface area contributed by atoms with Crippen LogP contribution in [0.25, 0.3) is 0 Å². The quantitative estimate of drug-likeness (QED) is 0.400. The van der Waals surface area contributed by atoms with Gasteiger partial charge in [0, 0.05) is 18.7 Å². The molecule has 2 heterocycles. The molecule has 11 heteroatoms. The molecular formula is C14H18N6O4S. The second-order valence-electron chi connectivity index (χ2n) is 5.64. The van der Waals surface area contributed by atoms with Crippen LogP contribution in [-0.2, 0) is 11.3 Å². The fourth-order valence-electron chi connectivity index (χ4n) is 2.00. The van der Waals surface area contributed by atoms with Crippen molar-refractivity contribution < 1.29 is 4.79 Å². The third-order valence-corrected chi connectivity index (χ3v) is 3.80. The molecule has 5 N–H and O–H groups in total. The average molecular weight is 366 g/mol. The van der Waals surface area contributed by atoms with Crippen LogP contribution in [-0.4, -0.2) is 31.2 Å². The number of nitrogen functional groups attached to an aromatic ring is 1. The molecule has 25 heavy (non-hydrogen) atoms. The predicted molar refractivity (Wildman–Crippen MR) is 94.8 cm³/mol. The van der Waals surface area contributed by atoms with E-state index in [9.17, 15) is 19.2 Å². The zero-order chi connectivity index (χ0) is 18.6. The lowest BCUT2D eigenvalue weighted by Gasteiger charge is -2.14. The van der Waals surface area contributed by atoms with E-state index in [0.717, 1.165) is 23.9 Å². The third-order valence-electron chi connectivity index (χ3n) is 2.93. The number of H-pyrrole nitrogens is 2. The molecule has 0 saturated heterocycles. The highest BCUT2D eigenvalue weighted by Gasteiger charge is 2.12. The van der Waals surface area contributed by atoms with Crippen molar-refractivity contribution in [3.05, 3.63) is 43.3 Å². The smallest absolute Gasteiger partial charge is 0.329 e. The maximum atomic E-state index is 12.1. The molecule has 0 aliphatic heterocycles. The molecule has 0 spiro atoms. The second-order valence-corrected chi connectivity index (χ2v) is 6.60. The number of aromatic amines is 2. The monoisotopic (exact) mass is 366 g/mol. The fraction of sp³-hybridized carbons (Fsp3) is 0.357. The van der Waals surface area contributed by atoms with Crippen molar-refractivity contribution in [1.29, 1.82) is 0 Å². The molecular weight excluding hydrogens is 348 g/mol. The number of carbonyl (C=O) groups is 1. The summed E-state index contributed by atoms with van der Waals surface area (Å²) < 4.78 is 1.29. The van der Waals surface area contributed by atoms with Crippen molar-refractivity contribution in [1.82, 2.24) is 19.5 Å². The molecule has 0 unspecified atom stereocenters. The fourth-order valence-corrected chi connectivity index (χ4v) is 2.69. The lowest BCUT2D eigenvalue weighted by atomic mass is 10.2. The van der Waals surface area contributed by atoms with Gasteiger partial charge < -0.3 is 16.0 Å². The number of carbonyl (C=O) groups excluding carboxylic acids is 1. The van der Waals surface area contributed by atoms with Crippen molar-refractivity contribution in [2.45, 2.75) is 25.5 Å². The molecule has 0 aromatic carbocycles. The van der Waals surface area contributed by atoms with Gasteiger partial charge in [0.15, 0.2) is 5.16 Å². The van der Waals surface area contributed by atoms with Gasteiger partial charge in [-0.25, -0.2) is 9.78 Å². The first-order chi connectivity index (χ1) is 11.7. The molecule has 0 saturated carbocycles. The van der Waals surface area contributed by atoms with E-state index in [1.165, 1.54) is 4.57 Å². The van der Waals surface area contributed by atoms with Crippen LogP contribution in [0, 0.1) is 5.92 Å². The molecule has 0 atom stereocenters. The van der Waals surface area contributed by atoms with Crippen molar-refractivity contribution in [2.75, 3.05) is 16.8 Å². The van der Waals surface area contributed by atoms with Crippen LogP contribution in [0.2, 0.25) is 0 Å². The van der Waals surface area contributed by atoms with Gasteiger partial charge in [-0.05, 0) is 5.92 Å². The highest BCUT2D eigenvalue weighted by Crippen LogP contribution is 2.13. The number of rotatable bonds is 6. The summed E-state index contributed by atoms with van der Waals surface area (Å²) in [5.74, 6) is -0.253. The minimum Gasteiger partial charge on any atom is -0.383 e. The van der Waals surface area contributed by atoms with Crippen molar-refractivity contribution >= 4 is 29.3 Å². The number of aromatic nitrogens is 4. The lowest BCUT2D eigenvalue weighted by Crippen LogP contribution is -2.34. The van der Waals surface area contributed by atoms with E-state index in [0.29, 0.717) is 6.54 Å². The molecule has 1 amide bonds. The minimum absolute atomic E-state index is 0.0482. The number of thioether (sulfide) groups is 1. The van der Waals surface area contributed by atoms with Gasteiger partial charge >= 0.3 is 5.69 Å². The van der Waals surface area contributed by atoms with Gasteiger partial charge in [0.25, 0.3) is 11.1 Å². The van der Waals surface area contributed by atoms with Crippen LogP contribution >= 0.6 is 11.8 Å². The Morgan fingerprint density at radius 2 is 1.96 bits per heavy atom. The van der Waals surface area contributed by atoms with Crippen molar-refractivity contribution in [3.63, 3.8) is 0 Å². The first-order valence-electron chi connectivity index (χ1n) is 7.38. The number of amides is 1. The van der Waals surface area contributed by atoms with Gasteiger partial charge in [0.2, 0.25) is 5.91 Å². The van der Waals surface area contributed by atoms with Gasteiger partial charge in [-0.3, -0.25) is 23.9 Å². The lowest BCUT2D eigenvalue weighted by molar-refractivity contribution is -0.113. The summed E-state index contributed by atoms with van der Waals surface area (Å²) in [7, 11) is 0. The Balaban J connectivity index is 2.13. The van der Waals surface area contributed by atoms with E-state index in [1.807, 2.05) is 13.8 Å². The van der Waals surface area contributed by atoms with Crippen LogP contribution in [0.3, 0.4) is 0 Å². The van der Waals surface area contributed by atoms with E-state index in [-0.39, 0.29) is 28.5 Å². The van der Waals surface area contributed by atoms with E-state index in [1.54, 1.807) is 0 Å². The number of anilines is 2. The van der Waals surface area contributed by atoms with Gasteiger partial charge in [-0.15, -0.1) is 0 Å². The highest BCUT2D eigenvalue weighted by molar-refractivity contribution is 7.99. The predicted octanol–water partition coefficient (Wildman–Crippen LogP) is -0.411. The number of hydrogen-bond donors (Lipinski definition) is 4. The van der Waals surface area contributed by atoms with Crippen LogP contribution in [0.1, 0.15) is 13.8 Å². The molecule has 2 aromatic rings. The summed E-state index contributed by atoms with van der Waals surface area (Å²) in [6.45, 7) is 4.14. The zero-order valence-corrected chi connectivity index (χ0v) is 14.5. The minimum atomic E-state index is -0.602. The molecule has 0 aliphatic rings. The number of hydrogen-bond acceptors (Lipinski definition) is 7. The average Bonchev–Trinajstić information content (AvgIpc) is 2.47. The number of nitrogens with zero attached hydrogens (tertiary/aromatic N) is 2. The molecule has 0 fully saturated rings. The van der Waals surface area contributed by atoms with Crippen LogP contribution < -0.4 is 27.9 Å². The molecule has 134 valence electrons. The molecule has 0 aliphatic carbocycles. The van der Waals surface area contributed by atoms with Crippen molar-refractivity contribution in [3.8, 4) is 0 Å². The molecule has 0 bridgehead atoms. The third kappa shape index (κ3) is 5.35. The highest BCUT2D eigenvalue weighted by atomic mass is 32.2. The first kappa shape index (κ1) is 18.5. The van der Waals surface area contributed by atoms with Crippen LogP contribution in [0.15, 0.2) is 31.7 Å². The summed E-state index contributed by atoms with van der Waals surface area (Å²) in [6.07, 6.45) is 0. The zero-order valence-electron chi connectivity index (χ0n) is 13.7. The Labute approximate surface area is 145 Å². The molecule has 2 aromatic heterocycles. The Bertz CT molecular complexity index is 945. The number of nitrogens with two attached hydrogens (primary N) is 1. The first-order valence-corrected chi connectivity index (χ1v) is 8.37. The number of nitrogens with one attached hydrogen (secondary N) is 3. The normalized spacial score (nSPS) is 10.8. The largest absolute Gasteiger partial charge is 0.383 e. The van der Waals surface area contributed by atoms with E-state index < -0.39 is 22.7 Å². The Morgan fingerprint density at radius 1 is 1.28 bits per heavy atom. The molecule has 0 radical (unpaired) electrons. The second kappa shape index (κ2) is 7.83. The Morgan fingerprint density at radius 3 is 2.60 bits per heavy atom. The van der Waals surface area contributed by atoms with Gasteiger partial charge in [-0.1, -0.05) is 25.6 Å². The summed E-state index contributed by atoms with van der Waals surface area (Å²) in [5.41, 5.74) is 3.85. The topological polar surface area (TPSA) is 156 Å². The molecule has 2 rings (SSSR count). The van der Waals surface area contributed by atoms with Crippen molar-refractivity contribution in [2.24, 2.45) is 5.92 Å². The van der Waals surface area contributed by atoms with Gasteiger partial charge in [0.1, 0.15) is 11.6 Å².